The number of hydrogen-bond acceptors (Lipinski definition) is 8. The molecule has 11 heteroatoms. The molecular weight excluding hydrogens is 521 g/mol. The molecule has 9 nitrogen and oxygen atoms in total. The summed E-state index contributed by atoms with van der Waals surface area (Å²) in [4.78, 5) is 15.3. The summed E-state index contributed by atoms with van der Waals surface area (Å²) in [5.74, 6) is 0.908. The molecule has 0 aliphatic heterocycles. The molecule has 1 N–H and O–H groups in total. The van der Waals surface area contributed by atoms with Gasteiger partial charge in [-0.1, -0.05) is 51.7 Å². The van der Waals surface area contributed by atoms with E-state index >= 15 is 0 Å². The van der Waals surface area contributed by atoms with E-state index in [9.17, 15) is 4.79 Å². The fraction of sp³-hybridized carbons (Fsp3) is 0.308. The average molecular weight is 544 g/mol. The number of carboxylic acid groups (broad SMARTS) is 1. The summed E-state index contributed by atoms with van der Waals surface area (Å²) in [6, 6.07) is 11.6. The van der Waals surface area contributed by atoms with Gasteiger partial charge in [0.2, 0.25) is 5.82 Å². The Labute approximate surface area is 222 Å². The van der Waals surface area contributed by atoms with Crippen LogP contribution in [0.25, 0.3) is 22.6 Å². The fourth-order valence-electron chi connectivity index (χ4n) is 3.84. The molecule has 0 radical (unpaired) electrons. The fourth-order valence-corrected chi connectivity index (χ4v) is 4.41. The number of aromatic carboxylic acids is 1. The van der Waals surface area contributed by atoms with Crippen molar-refractivity contribution in [2.24, 2.45) is 0 Å². The quantitative estimate of drug-likeness (QED) is 0.202. The van der Waals surface area contributed by atoms with Crippen molar-refractivity contribution >= 4 is 29.2 Å². The SMILES string of the molecule is O=C(O)c1ccc(-c2noc(COCCCOCc3c(-c4c(Cl)cccc4Cl)noc3C3CC3)n2)cc1. The lowest BCUT2D eigenvalue weighted by molar-refractivity contribution is 0.0593. The van der Waals surface area contributed by atoms with Crippen LogP contribution in [0.15, 0.2) is 51.5 Å². The molecular formula is C26H23Cl2N3O6. The van der Waals surface area contributed by atoms with Gasteiger partial charge in [0.1, 0.15) is 18.1 Å². The number of ether oxygens (including phenoxy) is 2. The van der Waals surface area contributed by atoms with Crippen LogP contribution in [-0.4, -0.2) is 39.6 Å². The second-order valence-electron chi connectivity index (χ2n) is 8.60. The van der Waals surface area contributed by atoms with Gasteiger partial charge in [-0.25, -0.2) is 4.79 Å². The molecule has 1 aliphatic carbocycles. The molecule has 0 atom stereocenters. The van der Waals surface area contributed by atoms with Crippen molar-refractivity contribution in [3.63, 3.8) is 0 Å². The molecule has 0 amide bonds. The van der Waals surface area contributed by atoms with Gasteiger partial charge in [-0.2, -0.15) is 4.98 Å². The van der Waals surface area contributed by atoms with Gasteiger partial charge in [0.25, 0.3) is 5.89 Å². The zero-order chi connectivity index (χ0) is 25.8. The first kappa shape index (κ1) is 25.4. The predicted octanol–water partition coefficient (Wildman–Crippen LogP) is 6.40. The van der Waals surface area contributed by atoms with E-state index in [4.69, 9.17) is 46.8 Å². The van der Waals surface area contributed by atoms with Crippen LogP contribution in [0.1, 0.15) is 52.8 Å². The summed E-state index contributed by atoms with van der Waals surface area (Å²) in [6.45, 7) is 1.40. The molecule has 1 saturated carbocycles. The van der Waals surface area contributed by atoms with E-state index in [1.807, 2.05) is 0 Å². The molecule has 4 aromatic rings. The predicted molar refractivity (Wildman–Crippen MR) is 135 cm³/mol. The molecule has 37 heavy (non-hydrogen) atoms. The first-order valence-electron chi connectivity index (χ1n) is 11.8. The summed E-state index contributed by atoms with van der Waals surface area (Å²) >= 11 is 12.8. The summed E-state index contributed by atoms with van der Waals surface area (Å²) < 4.78 is 22.4. The summed E-state index contributed by atoms with van der Waals surface area (Å²) in [7, 11) is 0. The average Bonchev–Trinajstić information content (AvgIpc) is 3.48. The van der Waals surface area contributed by atoms with E-state index in [0.717, 1.165) is 24.2 Å². The Balaban J connectivity index is 1.09. The molecule has 0 bridgehead atoms. The van der Waals surface area contributed by atoms with Crippen molar-refractivity contribution in [1.82, 2.24) is 15.3 Å². The highest BCUT2D eigenvalue weighted by atomic mass is 35.5. The Morgan fingerprint density at radius 1 is 0.973 bits per heavy atom. The number of carbonyl (C=O) groups is 1. The van der Waals surface area contributed by atoms with Crippen molar-refractivity contribution in [2.45, 2.75) is 38.4 Å². The Hall–Kier alpha value is -3.24. The van der Waals surface area contributed by atoms with Gasteiger partial charge >= 0.3 is 5.97 Å². The Bertz CT molecular complexity index is 1360. The standard InChI is InChI=1S/C26H23Cl2N3O6/c27-19-3-1-4-20(28)22(19)23-18(24(37-30-23)15-5-6-15)13-34-11-2-12-35-14-21-29-25(31-36-21)16-7-9-17(10-8-16)26(32)33/h1,3-4,7-10,15H,2,5-6,11-14H2,(H,32,33). The van der Waals surface area contributed by atoms with Crippen LogP contribution in [0, 0.1) is 0 Å². The minimum Gasteiger partial charge on any atom is -0.478 e. The van der Waals surface area contributed by atoms with Crippen molar-refractivity contribution < 1.29 is 28.4 Å². The first-order valence-corrected chi connectivity index (χ1v) is 12.5. The van der Waals surface area contributed by atoms with Gasteiger partial charge in [0, 0.05) is 35.8 Å². The summed E-state index contributed by atoms with van der Waals surface area (Å²) in [5, 5.41) is 18.2. The van der Waals surface area contributed by atoms with E-state index in [0.29, 0.717) is 70.7 Å². The maximum absolute atomic E-state index is 11.0. The number of rotatable bonds is 12. The lowest BCUT2D eigenvalue weighted by atomic mass is 10.0. The van der Waals surface area contributed by atoms with Crippen LogP contribution in [-0.2, 0) is 22.7 Å². The smallest absolute Gasteiger partial charge is 0.335 e. The van der Waals surface area contributed by atoms with Crippen LogP contribution in [0.5, 0.6) is 0 Å². The third-order valence-electron chi connectivity index (χ3n) is 5.87. The number of aromatic nitrogens is 3. The maximum atomic E-state index is 11.0. The Morgan fingerprint density at radius 2 is 1.68 bits per heavy atom. The van der Waals surface area contributed by atoms with E-state index in [-0.39, 0.29) is 12.2 Å². The number of benzene rings is 2. The molecule has 1 fully saturated rings. The molecule has 0 unspecified atom stereocenters. The molecule has 2 aromatic heterocycles. The normalized spacial score (nSPS) is 13.2. The number of hydrogen-bond donors (Lipinski definition) is 1. The topological polar surface area (TPSA) is 121 Å². The molecule has 2 aromatic carbocycles. The first-order chi connectivity index (χ1) is 18.0. The van der Waals surface area contributed by atoms with Crippen molar-refractivity contribution in [3.05, 3.63) is 75.3 Å². The van der Waals surface area contributed by atoms with Crippen molar-refractivity contribution in [1.29, 1.82) is 0 Å². The third kappa shape index (κ3) is 6.02. The van der Waals surface area contributed by atoms with E-state index in [1.165, 1.54) is 12.1 Å². The second-order valence-corrected chi connectivity index (χ2v) is 9.41. The Morgan fingerprint density at radius 3 is 2.35 bits per heavy atom. The van der Waals surface area contributed by atoms with Crippen LogP contribution >= 0.6 is 23.2 Å². The monoisotopic (exact) mass is 543 g/mol. The van der Waals surface area contributed by atoms with Crippen molar-refractivity contribution in [2.75, 3.05) is 13.2 Å². The minimum atomic E-state index is -0.993. The highest BCUT2D eigenvalue weighted by Crippen LogP contribution is 2.46. The van der Waals surface area contributed by atoms with E-state index in [2.05, 4.69) is 15.3 Å². The molecule has 0 spiro atoms. The lowest BCUT2D eigenvalue weighted by Crippen LogP contribution is -2.03. The highest BCUT2D eigenvalue weighted by molar-refractivity contribution is 6.39. The third-order valence-corrected chi connectivity index (χ3v) is 6.50. The van der Waals surface area contributed by atoms with Gasteiger partial charge in [-0.05, 0) is 43.5 Å². The van der Waals surface area contributed by atoms with Gasteiger partial charge < -0.3 is 23.6 Å². The number of halogens is 2. The van der Waals surface area contributed by atoms with E-state index < -0.39 is 5.97 Å². The summed E-state index contributed by atoms with van der Waals surface area (Å²) in [6.07, 6.45) is 2.79. The minimum absolute atomic E-state index is 0.160. The molecule has 2 heterocycles. The maximum Gasteiger partial charge on any atom is 0.335 e. The van der Waals surface area contributed by atoms with Gasteiger partial charge in [-0.3, -0.25) is 0 Å². The number of nitrogens with zero attached hydrogens (tertiary/aromatic N) is 3. The van der Waals surface area contributed by atoms with Crippen LogP contribution in [0.4, 0.5) is 0 Å². The zero-order valence-corrected chi connectivity index (χ0v) is 21.2. The van der Waals surface area contributed by atoms with Crippen molar-refractivity contribution in [3.8, 4) is 22.6 Å². The van der Waals surface area contributed by atoms with Gasteiger partial charge in [0.05, 0.1) is 22.2 Å². The molecule has 0 saturated heterocycles. The van der Waals surface area contributed by atoms with Crippen LogP contribution < -0.4 is 0 Å². The molecule has 192 valence electrons. The van der Waals surface area contributed by atoms with Gasteiger partial charge in [0.15, 0.2) is 0 Å². The zero-order valence-electron chi connectivity index (χ0n) is 19.7. The Kier molecular flexibility index (Phi) is 7.85. The van der Waals surface area contributed by atoms with E-state index in [1.54, 1.807) is 30.3 Å². The number of carboxylic acids is 1. The summed E-state index contributed by atoms with van der Waals surface area (Å²) in [5.41, 5.74) is 3.01. The lowest BCUT2D eigenvalue weighted by Gasteiger charge is -2.08. The highest BCUT2D eigenvalue weighted by Gasteiger charge is 2.33. The molecule has 1 aliphatic rings. The molecule has 5 rings (SSSR count). The van der Waals surface area contributed by atoms with Crippen LogP contribution in [0.2, 0.25) is 10.0 Å². The second kappa shape index (κ2) is 11.4. The largest absolute Gasteiger partial charge is 0.478 e. The van der Waals surface area contributed by atoms with Gasteiger partial charge in [-0.15, -0.1) is 0 Å². The van der Waals surface area contributed by atoms with Crippen LogP contribution in [0.3, 0.4) is 0 Å².